The third-order valence-corrected chi connectivity index (χ3v) is 6.95. The molecule has 8 nitrogen and oxygen atoms in total. The highest BCUT2D eigenvalue weighted by atomic mass is 35.5. The number of anilines is 1. The molecule has 33 heavy (non-hydrogen) atoms. The quantitative estimate of drug-likeness (QED) is 0.479. The Morgan fingerprint density at radius 3 is 2.94 bits per heavy atom. The molecule has 3 aromatic heterocycles. The molecule has 3 aromatic rings. The van der Waals surface area contributed by atoms with Crippen LogP contribution in [0.4, 0.5) is 5.69 Å². The van der Waals surface area contributed by atoms with Gasteiger partial charge < -0.3 is 24.4 Å². The predicted molar refractivity (Wildman–Crippen MR) is 133 cm³/mol. The minimum absolute atomic E-state index is 0. The predicted octanol–water partition coefficient (Wildman–Crippen LogP) is 3.33. The number of pyridine rings is 3. The number of hydrogen-bond acceptors (Lipinski definition) is 9. The molecular formula is C23H28ClN5O3S. The molecule has 0 aliphatic carbocycles. The van der Waals surface area contributed by atoms with Gasteiger partial charge in [0.1, 0.15) is 18.7 Å². The van der Waals surface area contributed by atoms with Crippen LogP contribution in [0.15, 0.2) is 36.7 Å². The molecule has 0 saturated carbocycles. The van der Waals surface area contributed by atoms with Crippen LogP contribution in [0, 0.1) is 0 Å². The summed E-state index contributed by atoms with van der Waals surface area (Å²) in [6.45, 7) is 4.90. The Bertz CT molecular complexity index is 1090. The molecule has 1 unspecified atom stereocenters. The van der Waals surface area contributed by atoms with E-state index in [1.807, 2.05) is 36.2 Å². The van der Waals surface area contributed by atoms with E-state index in [9.17, 15) is 0 Å². The fraction of sp³-hybridized carbons (Fsp3) is 0.435. The van der Waals surface area contributed by atoms with Crippen molar-refractivity contribution in [1.82, 2.24) is 20.3 Å². The first-order valence-electron chi connectivity index (χ1n) is 10.9. The van der Waals surface area contributed by atoms with E-state index in [0.717, 1.165) is 65.8 Å². The molecular weight excluding hydrogens is 462 g/mol. The van der Waals surface area contributed by atoms with Crippen molar-refractivity contribution in [3.05, 3.63) is 42.4 Å². The van der Waals surface area contributed by atoms with Crippen molar-refractivity contribution in [3.63, 3.8) is 0 Å². The lowest BCUT2D eigenvalue weighted by Gasteiger charge is -2.20. The molecule has 10 heteroatoms. The summed E-state index contributed by atoms with van der Waals surface area (Å²) in [5.74, 6) is 3.21. The van der Waals surface area contributed by atoms with Gasteiger partial charge in [0, 0.05) is 55.5 Å². The SMILES string of the molecule is COc1ccc2nccc(N3CCC(SCCNCc4cc5c(cn4)OCCO5)C3)c2n1.Cl. The third-order valence-electron chi connectivity index (χ3n) is 5.66. The molecule has 0 aromatic carbocycles. The summed E-state index contributed by atoms with van der Waals surface area (Å²) in [4.78, 5) is 16.0. The Morgan fingerprint density at radius 2 is 2.06 bits per heavy atom. The van der Waals surface area contributed by atoms with Crippen molar-refractivity contribution >= 4 is 40.9 Å². The van der Waals surface area contributed by atoms with Gasteiger partial charge in [-0.1, -0.05) is 0 Å². The summed E-state index contributed by atoms with van der Waals surface area (Å²) in [5, 5.41) is 4.10. The number of rotatable bonds is 8. The van der Waals surface area contributed by atoms with Crippen LogP contribution >= 0.6 is 24.2 Å². The van der Waals surface area contributed by atoms with E-state index in [1.165, 1.54) is 6.42 Å². The summed E-state index contributed by atoms with van der Waals surface area (Å²) in [6, 6.07) is 7.85. The first-order chi connectivity index (χ1) is 15.8. The first-order valence-corrected chi connectivity index (χ1v) is 12.0. The van der Waals surface area contributed by atoms with E-state index in [4.69, 9.17) is 14.2 Å². The van der Waals surface area contributed by atoms with E-state index in [-0.39, 0.29) is 12.4 Å². The molecule has 2 aliphatic heterocycles. The summed E-state index contributed by atoms with van der Waals surface area (Å²) in [7, 11) is 1.64. The van der Waals surface area contributed by atoms with Gasteiger partial charge in [0.2, 0.25) is 5.88 Å². The largest absolute Gasteiger partial charge is 0.486 e. The fourth-order valence-corrected chi connectivity index (χ4v) is 5.20. The normalized spacial score (nSPS) is 17.1. The number of hydrogen-bond donors (Lipinski definition) is 1. The Balaban J connectivity index is 0.00000259. The zero-order valence-electron chi connectivity index (χ0n) is 18.5. The highest BCUT2D eigenvalue weighted by Crippen LogP contribution is 2.32. The lowest BCUT2D eigenvalue weighted by Crippen LogP contribution is -2.22. The van der Waals surface area contributed by atoms with Crippen molar-refractivity contribution in [2.75, 3.05) is 50.6 Å². The van der Waals surface area contributed by atoms with Gasteiger partial charge >= 0.3 is 0 Å². The molecule has 0 spiro atoms. The molecule has 0 bridgehead atoms. The zero-order valence-corrected chi connectivity index (χ0v) is 20.2. The van der Waals surface area contributed by atoms with Gasteiger partial charge in [-0.3, -0.25) is 9.97 Å². The first kappa shape index (κ1) is 23.7. The molecule has 1 fully saturated rings. The maximum atomic E-state index is 5.63. The van der Waals surface area contributed by atoms with Crippen LogP contribution in [0.25, 0.3) is 11.0 Å². The summed E-state index contributed by atoms with van der Waals surface area (Å²) < 4.78 is 16.5. The average molecular weight is 490 g/mol. The van der Waals surface area contributed by atoms with E-state index < -0.39 is 0 Å². The van der Waals surface area contributed by atoms with Gasteiger partial charge in [0.15, 0.2) is 11.5 Å². The van der Waals surface area contributed by atoms with E-state index >= 15 is 0 Å². The minimum atomic E-state index is 0. The van der Waals surface area contributed by atoms with Crippen molar-refractivity contribution in [2.24, 2.45) is 0 Å². The molecule has 2 aliphatic rings. The Morgan fingerprint density at radius 1 is 1.18 bits per heavy atom. The number of thioether (sulfide) groups is 1. The highest BCUT2D eigenvalue weighted by molar-refractivity contribution is 7.99. The number of aromatic nitrogens is 3. The lowest BCUT2D eigenvalue weighted by molar-refractivity contribution is 0.170. The van der Waals surface area contributed by atoms with Crippen LogP contribution in [0.2, 0.25) is 0 Å². The van der Waals surface area contributed by atoms with Crippen LogP contribution in [0.3, 0.4) is 0 Å². The fourth-order valence-electron chi connectivity index (χ4n) is 4.05. The monoisotopic (exact) mass is 489 g/mol. The smallest absolute Gasteiger partial charge is 0.213 e. The van der Waals surface area contributed by atoms with Gasteiger partial charge in [-0.25, -0.2) is 4.98 Å². The minimum Gasteiger partial charge on any atom is -0.486 e. The van der Waals surface area contributed by atoms with Gasteiger partial charge in [-0.2, -0.15) is 11.8 Å². The van der Waals surface area contributed by atoms with Crippen molar-refractivity contribution in [3.8, 4) is 17.4 Å². The van der Waals surface area contributed by atoms with Crippen LogP contribution in [0.5, 0.6) is 17.4 Å². The van der Waals surface area contributed by atoms with Crippen LogP contribution < -0.4 is 24.4 Å². The standard InChI is InChI=1S/C23H27N5O3S.ClH/c1-29-22-3-2-18-23(27-22)19(4-6-25-18)28-8-5-17(15-28)32-11-7-24-13-16-12-20-21(14-26-16)31-10-9-30-20;/h2-4,6,12,14,17,24H,5,7-11,13,15H2,1H3;1H. The summed E-state index contributed by atoms with van der Waals surface area (Å²) >= 11 is 2.02. The second-order valence-corrected chi connectivity index (χ2v) is 9.18. The lowest BCUT2D eigenvalue weighted by atomic mass is 10.2. The van der Waals surface area contributed by atoms with Gasteiger partial charge in [0.25, 0.3) is 0 Å². The summed E-state index contributed by atoms with van der Waals surface area (Å²) in [6.07, 6.45) is 4.78. The van der Waals surface area contributed by atoms with E-state index in [2.05, 4.69) is 31.2 Å². The summed E-state index contributed by atoms with van der Waals surface area (Å²) in [5.41, 5.74) is 3.92. The second-order valence-electron chi connectivity index (χ2n) is 7.77. The number of fused-ring (bicyclic) bond motifs is 2. The Kier molecular flexibility index (Phi) is 7.95. The van der Waals surface area contributed by atoms with Crippen LogP contribution in [0.1, 0.15) is 12.1 Å². The van der Waals surface area contributed by atoms with Crippen molar-refractivity contribution in [1.29, 1.82) is 0 Å². The molecule has 5 rings (SSSR count). The molecule has 5 heterocycles. The van der Waals surface area contributed by atoms with E-state index in [0.29, 0.717) is 24.3 Å². The van der Waals surface area contributed by atoms with Crippen LogP contribution in [-0.2, 0) is 6.54 Å². The van der Waals surface area contributed by atoms with Gasteiger partial charge in [0.05, 0.1) is 30.2 Å². The molecule has 176 valence electrons. The number of methoxy groups -OCH3 is 1. The Labute approximate surface area is 203 Å². The average Bonchev–Trinajstić information content (AvgIpc) is 3.31. The molecule has 0 amide bonds. The maximum Gasteiger partial charge on any atom is 0.213 e. The number of nitrogens with zero attached hydrogens (tertiary/aromatic N) is 4. The number of halogens is 1. The van der Waals surface area contributed by atoms with Gasteiger partial charge in [-0.15, -0.1) is 12.4 Å². The van der Waals surface area contributed by atoms with Crippen molar-refractivity contribution < 1.29 is 14.2 Å². The molecule has 1 saturated heterocycles. The van der Waals surface area contributed by atoms with E-state index in [1.54, 1.807) is 13.3 Å². The van der Waals surface area contributed by atoms with Gasteiger partial charge in [-0.05, 0) is 18.6 Å². The second kappa shape index (κ2) is 11.1. The zero-order chi connectivity index (χ0) is 21.8. The number of nitrogens with one attached hydrogen (secondary N) is 1. The number of ether oxygens (including phenoxy) is 3. The Hall–Kier alpha value is -2.49. The third kappa shape index (κ3) is 5.54. The molecule has 1 N–H and O–H groups in total. The van der Waals surface area contributed by atoms with Crippen molar-refractivity contribution in [2.45, 2.75) is 18.2 Å². The molecule has 0 radical (unpaired) electrons. The maximum absolute atomic E-state index is 5.63. The van der Waals surface area contributed by atoms with Crippen LogP contribution in [-0.4, -0.2) is 65.9 Å². The highest BCUT2D eigenvalue weighted by Gasteiger charge is 2.24. The topological polar surface area (TPSA) is 81.6 Å². The molecule has 1 atom stereocenters.